The summed E-state index contributed by atoms with van der Waals surface area (Å²) in [5, 5.41) is 9.67. The molecule has 0 saturated heterocycles. The quantitative estimate of drug-likeness (QED) is 0.917. The van der Waals surface area contributed by atoms with Gasteiger partial charge in [-0.15, -0.1) is 0 Å². The van der Waals surface area contributed by atoms with E-state index in [0.29, 0.717) is 5.58 Å². The van der Waals surface area contributed by atoms with Crippen molar-refractivity contribution in [2.75, 3.05) is 6.54 Å². The SMILES string of the molecule is CC(C)N(CC(=O)O)C(=O)c1cc2ccccc2o1. The molecule has 0 spiro atoms. The van der Waals surface area contributed by atoms with Gasteiger partial charge >= 0.3 is 5.97 Å². The number of hydrogen-bond acceptors (Lipinski definition) is 3. The van der Waals surface area contributed by atoms with Crippen molar-refractivity contribution in [3.8, 4) is 0 Å². The Balaban J connectivity index is 2.32. The number of fused-ring (bicyclic) bond motifs is 1. The van der Waals surface area contributed by atoms with Crippen LogP contribution in [-0.4, -0.2) is 34.5 Å². The molecule has 0 radical (unpaired) electrons. The van der Waals surface area contributed by atoms with Gasteiger partial charge < -0.3 is 14.4 Å². The van der Waals surface area contributed by atoms with Gasteiger partial charge in [-0.3, -0.25) is 9.59 Å². The van der Waals surface area contributed by atoms with Crippen molar-refractivity contribution >= 4 is 22.8 Å². The van der Waals surface area contributed by atoms with E-state index in [1.54, 1.807) is 26.0 Å². The van der Waals surface area contributed by atoms with Crippen LogP contribution in [0.25, 0.3) is 11.0 Å². The number of benzene rings is 1. The van der Waals surface area contributed by atoms with Crippen molar-refractivity contribution < 1.29 is 19.1 Å². The summed E-state index contributed by atoms with van der Waals surface area (Å²) in [4.78, 5) is 24.3. The predicted molar refractivity (Wildman–Crippen MR) is 70.0 cm³/mol. The molecule has 0 unspecified atom stereocenters. The first-order chi connectivity index (χ1) is 8.99. The number of amides is 1. The third-order valence-electron chi connectivity index (χ3n) is 2.83. The van der Waals surface area contributed by atoms with Crippen LogP contribution < -0.4 is 0 Å². The third-order valence-corrected chi connectivity index (χ3v) is 2.83. The van der Waals surface area contributed by atoms with Gasteiger partial charge in [0.2, 0.25) is 0 Å². The molecule has 0 saturated carbocycles. The van der Waals surface area contributed by atoms with E-state index < -0.39 is 11.9 Å². The molecular formula is C14H15NO4. The minimum Gasteiger partial charge on any atom is -0.480 e. The van der Waals surface area contributed by atoms with Crippen LogP contribution >= 0.6 is 0 Å². The maximum atomic E-state index is 12.3. The van der Waals surface area contributed by atoms with Crippen LogP contribution in [0.1, 0.15) is 24.4 Å². The molecule has 2 rings (SSSR count). The van der Waals surface area contributed by atoms with Crippen molar-refractivity contribution in [3.05, 3.63) is 36.1 Å². The summed E-state index contributed by atoms with van der Waals surface area (Å²) < 4.78 is 5.46. The smallest absolute Gasteiger partial charge is 0.323 e. The molecule has 19 heavy (non-hydrogen) atoms. The van der Waals surface area contributed by atoms with Crippen LogP contribution in [0, 0.1) is 0 Å². The van der Waals surface area contributed by atoms with E-state index >= 15 is 0 Å². The number of carboxylic acid groups (broad SMARTS) is 1. The zero-order valence-electron chi connectivity index (χ0n) is 10.8. The first kappa shape index (κ1) is 13.1. The fourth-order valence-corrected chi connectivity index (χ4v) is 1.86. The Morgan fingerprint density at radius 1 is 1.32 bits per heavy atom. The van der Waals surface area contributed by atoms with Gasteiger partial charge in [0.05, 0.1) is 0 Å². The normalized spacial score (nSPS) is 10.9. The van der Waals surface area contributed by atoms with Gasteiger partial charge in [0.15, 0.2) is 5.76 Å². The van der Waals surface area contributed by atoms with Crippen LogP contribution in [0.4, 0.5) is 0 Å². The molecule has 1 amide bonds. The van der Waals surface area contributed by atoms with Crippen LogP contribution in [0.3, 0.4) is 0 Å². The van der Waals surface area contributed by atoms with Crippen LogP contribution in [0.2, 0.25) is 0 Å². The predicted octanol–water partition coefficient (Wildman–Crippen LogP) is 2.37. The summed E-state index contributed by atoms with van der Waals surface area (Å²) >= 11 is 0. The average molecular weight is 261 g/mol. The van der Waals surface area contributed by atoms with Crippen molar-refractivity contribution in [1.29, 1.82) is 0 Å². The Morgan fingerprint density at radius 3 is 2.58 bits per heavy atom. The number of aliphatic carboxylic acids is 1. The molecule has 1 heterocycles. The Hall–Kier alpha value is -2.30. The Kier molecular flexibility index (Phi) is 3.55. The van der Waals surface area contributed by atoms with E-state index in [1.807, 2.05) is 18.2 Å². The minimum atomic E-state index is -1.04. The summed E-state index contributed by atoms with van der Waals surface area (Å²) in [6.45, 7) is 3.19. The van der Waals surface area contributed by atoms with Gasteiger partial charge in [0.1, 0.15) is 12.1 Å². The Morgan fingerprint density at radius 2 is 2.00 bits per heavy atom. The zero-order valence-corrected chi connectivity index (χ0v) is 10.8. The number of rotatable bonds is 4. The molecule has 1 aromatic heterocycles. The molecule has 100 valence electrons. The van der Waals surface area contributed by atoms with Crippen molar-refractivity contribution in [2.24, 2.45) is 0 Å². The molecule has 0 atom stereocenters. The molecule has 1 aromatic carbocycles. The lowest BCUT2D eigenvalue weighted by Crippen LogP contribution is -2.40. The highest BCUT2D eigenvalue weighted by Gasteiger charge is 2.24. The zero-order chi connectivity index (χ0) is 14.0. The van der Waals surface area contributed by atoms with Gasteiger partial charge in [-0.1, -0.05) is 18.2 Å². The van der Waals surface area contributed by atoms with Gasteiger partial charge in [0, 0.05) is 11.4 Å². The Labute approximate surface area is 110 Å². The van der Waals surface area contributed by atoms with Gasteiger partial charge in [-0.25, -0.2) is 0 Å². The van der Waals surface area contributed by atoms with Crippen molar-refractivity contribution in [2.45, 2.75) is 19.9 Å². The lowest BCUT2D eigenvalue weighted by Gasteiger charge is -2.23. The molecule has 2 aromatic rings. The molecule has 0 fully saturated rings. The number of carbonyl (C=O) groups excluding carboxylic acids is 1. The van der Waals surface area contributed by atoms with E-state index in [0.717, 1.165) is 5.39 Å². The van der Waals surface area contributed by atoms with Gasteiger partial charge in [-0.05, 0) is 26.0 Å². The molecular weight excluding hydrogens is 246 g/mol. The number of para-hydroxylation sites is 1. The van der Waals surface area contributed by atoms with Crippen LogP contribution in [-0.2, 0) is 4.79 Å². The highest BCUT2D eigenvalue weighted by Crippen LogP contribution is 2.20. The molecule has 0 aliphatic rings. The highest BCUT2D eigenvalue weighted by atomic mass is 16.4. The monoisotopic (exact) mass is 261 g/mol. The van der Waals surface area contributed by atoms with Gasteiger partial charge in [-0.2, -0.15) is 0 Å². The second-order valence-electron chi connectivity index (χ2n) is 4.57. The molecule has 5 nitrogen and oxygen atoms in total. The molecule has 0 aliphatic carbocycles. The first-order valence-electron chi connectivity index (χ1n) is 6.00. The van der Waals surface area contributed by atoms with Crippen LogP contribution in [0.5, 0.6) is 0 Å². The summed E-state index contributed by atoms with van der Waals surface area (Å²) in [6, 6.07) is 8.70. The van der Waals surface area contributed by atoms with E-state index in [-0.39, 0.29) is 18.3 Å². The third kappa shape index (κ3) is 2.76. The van der Waals surface area contributed by atoms with E-state index in [9.17, 15) is 9.59 Å². The summed E-state index contributed by atoms with van der Waals surface area (Å²) in [7, 11) is 0. The van der Waals surface area contributed by atoms with Gasteiger partial charge in [0.25, 0.3) is 5.91 Å². The molecule has 5 heteroatoms. The lowest BCUT2D eigenvalue weighted by molar-refractivity contribution is -0.138. The van der Waals surface area contributed by atoms with Crippen molar-refractivity contribution in [1.82, 2.24) is 4.90 Å². The van der Waals surface area contributed by atoms with E-state index in [4.69, 9.17) is 9.52 Å². The van der Waals surface area contributed by atoms with E-state index in [2.05, 4.69) is 0 Å². The number of hydrogen-bond donors (Lipinski definition) is 1. The second-order valence-corrected chi connectivity index (χ2v) is 4.57. The number of carbonyl (C=O) groups is 2. The molecule has 0 bridgehead atoms. The van der Waals surface area contributed by atoms with Crippen LogP contribution in [0.15, 0.2) is 34.7 Å². The van der Waals surface area contributed by atoms with E-state index in [1.165, 1.54) is 4.90 Å². The maximum absolute atomic E-state index is 12.3. The highest BCUT2D eigenvalue weighted by molar-refractivity contribution is 5.97. The summed E-state index contributed by atoms with van der Waals surface area (Å²) in [5.74, 6) is -1.29. The number of furan rings is 1. The summed E-state index contributed by atoms with van der Waals surface area (Å²) in [6.07, 6.45) is 0. The minimum absolute atomic E-state index is 0.163. The van der Waals surface area contributed by atoms with Crippen molar-refractivity contribution in [3.63, 3.8) is 0 Å². The fourth-order valence-electron chi connectivity index (χ4n) is 1.86. The Bertz CT molecular complexity index is 582. The topological polar surface area (TPSA) is 70.8 Å². The second kappa shape index (κ2) is 5.14. The largest absolute Gasteiger partial charge is 0.480 e. The first-order valence-corrected chi connectivity index (χ1v) is 6.00. The lowest BCUT2D eigenvalue weighted by atomic mass is 10.2. The number of carboxylic acids is 1. The average Bonchev–Trinajstić information content (AvgIpc) is 2.78. The molecule has 0 aliphatic heterocycles. The fraction of sp³-hybridized carbons (Fsp3) is 0.286. The maximum Gasteiger partial charge on any atom is 0.323 e. The standard InChI is InChI=1S/C14H15NO4/c1-9(2)15(8-13(16)17)14(18)12-7-10-5-3-4-6-11(10)19-12/h3-7,9H,8H2,1-2H3,(H,16,17). The number of nitrogens with zero attached hydrogens (tertiary/aromatic N) is 1. The summed E-state index contributed by atoms with van der Waals surface area (Å²) in [5.41, 5.74) is 0.616. The molecule has 1 N–H and O–H groups in total.